The van der Waals surface area contributed by atoms with Gasteiger partial charge >= 0.3 is 5.97 Å². The number of halogens is 4. The molecule has 1 aromatic carbocycles. The number of carbonyl (C=O) groups is 2. The van der Waals surface area contributed by atoms with E-state index in [1.807, 2.05) is 11.6 Å². The standard InChI is InChI=1S/C36H46Cl2F2N4O4Si/c1-5-47-36(46)25-11-13-28(14-12-25)44-34(24-9-10-24)29(18-42-44)35(45)43(21-23-15-26(39)17-27(40)16-23)22-32(48-49(6-2,7-3)8-4)33-30(37)19-41-20-31(33)38/h15-20,24-25,28,32H,5-14,21-22H2,1-4H3/t25-,28-,32?. The van der Waals surface area contributed by atoms with E-state index in [1.165, 1.54) is 24.5 Å². The lowest BCUT2D eigenvalue weighted by Crippen LogP contribution is -2.42. The van der Waals surface area contributed by atoms with Crippen molar-refractivity contribution >= 4 is 43.4 Å². The average Bonchev–Trinajstić information content (AvgIpc) is 3.83. The first-order chi connectivity index (χ1) is 23.5. The first-order valence-corrected chi connectivity index (χ1v) is 20.8. The van der Waals surface area contributed by atoms with Crippen LogP contribution in [0, 0.1) is 17.6 Å². The fourth-order valence-corrected chi connectivity index (χ4v) is 10.5. The van der Waals surface area contributed by atoms with Crippen LogP contribution in [0.1, 0.15) is 111 Å². The molecule has 0 aliphatic heterocycles. The van der Waals surface area contributed by atoms with E-state index in [0.717, 1.165) is 55.6 Å². The maximum atomic E-state index is 14.8. The number of nitrogens with zero attached hydrogens (tertiary/aromatic N) is 4. The van der Waals surface area contributed by atoms with E-state index in [2.05, 4.69) is 25.8 Å². The molecule has 266 valence electrons. The maximum absolute atomic E-state index is 14.8. The number of hydrogen-bond donors (Lipinski definition) is 0. The highest BCUT2D eigenvalue weighted by Gasteiger charge is 2.39. The van der Waals surface area contributed by atoms with Gasteiger partial charge < -0.3 is 14.1 Å². The van der Waals surface area contributed by atoms with Gasteiger partial charge in [-0.25, -0.2) is 8.78 Å². The van der Waals surface area contributed by atoms with E-state index in [9.17, 15) is 18.4 Å². The van der Waals surface area contributed by atoms with Crippen LogP contribution in [0.3, 0.4) is 0 Å². The van der Waals surface area contributed by atoms with Crippen LogP contribution >= 0.6 is 23.2 Å². The molecule has 0 radical (unpaired) electrons. The Labute approximate surface area is 298 Å². The van der Waals surface area contributed by atoms with Gasteiger partial charge in [0.2, 0.25) is 0 Å². The zero-order valence-corrected chi connectivity index (χ0v) is 31.2. The van der Waals surface area contributed by atoms with E-state index in [1.54, 1.807) is 11.1 Å². The molecular formula is C36H46Cl2F2N4O4Si. The molecule has 0 saturated heterocycles. The van der Waals surface area contributed by atoms with Crippen LogP contribution < -0.4 is 0 Å². The van der Waals surface area contributed by atoms with E-state index in [4.69, 9.17) is 37.5 Å². The van der Waals surface area contributed by atoms with Gasteiger partial charge in [-0.1, -0.05) is 44.0 Å². The topological polar surface area (TPSA) is 86.6 Å². The van der Waals surface area contributed by atoms with Crippen molar-refractivity contribution in [1.82, 2.24) is 19.7 Å². The molecule has 0 N–H and O–H groups in total. The summed E-state index contributed by atoms with van der Waals surface area (Å²) in [6, 6.07) is 5.87. The van der Waals surface area contributed by atoms with Crippen LogP contribution in [0.4, 0.5) is 8.78 Å². The molecule has 0 bridgehead atoms. The first kappa shape index (κ1) is 37.4. The molecule has 2 aliphatic rings. The second kappa shape index (κ2) is 16.4. The van der Waals surface area contributed by atoms with Crippen LogP contribution in [-0.2, 0) is 20.5 Å². The Morgan fingerprint density at radius 1 is 0.939 bits per heavy atom. The summed E-state index contributed by atoms with van der Waals surface area (Å²) in [5, 5.41) is 5.40. The van der Waals surface area contributed by atoms with Crippen molar-refractivity contribution < 1.29 is 27.5 Å². The molecule has 1 amide bonds. The molecule has 13 heteroatoms. The fourth-order valence-electron chi connectivity index (χ4n) is 7.14. The Kier molecular flexibility index (Phi) is 12.5. The Morgan fingerprint density at radius 2 is 1.55 bits per heavy atom. The predicted octanol–water partition coefficient (Wildman–Crippen LogP) is 9.44. The van der Waals surface area contributed by atoms with E-state index >= 15 is 0 Å². The van der Waals surface area contributed by atoms with Crippen molar-refractivity contribution in [3.05, 3.63) is 80.9 Å². The van der Waals surface area contributed by atoms with Gasteiger partial charge in [-0.15, -0.1) is 0 Å². The molecule has 5 rings (SSSR count). The van der Waals surface area contributed by atoms with Gasteiger partial charge in [0.05, 0.1) is 58.7 Å². The van der Waals surface area contributed by atoms with Crippen LogP contribution in [0.2, 0.25) is 28.2 Å². The highest BCUT2D eigenvalue weighted by atomic mass is 35.5. The summed E-state index contributed by atoms with van der Waals surface area (Å²) < 4.78 is 43.2. The monoisotopic (exact) mass is 734 g/mol. The number of aromatic nitrogens is 3. The highest BCUT2D eigenvalue weighted by Crippen LogP contribution is 2.45. The lowest BCUT2D eigenvalue weighted by Gasteiger charge is -2.37. The second-order valence-electron chi connectivity index (χ2n) is 13.3. The van der Waals surface area contributed by atoms with Crippen molar-refractivity contribution in [2.24, 2.45) is 5.92 Å². The van der Waals surface area contributed by atoms with Crippen LogP contribution in [0.5, 0.6) is 0 Å². The van der Waals surface area contributed by atoms with Crippen molar-refractivity contribution in [1.29, 1.82) is 0 Å². The van der Waals surface area contributed by atoms with E-state index in [-0.39, 0.29) is 42.8 Å². The molecule has 3 aromatic rings. The molecule has 1 unspecified atom stereocenters. The summed E-state index contributed by atoms with van der Waals surface area (Å²) in [7, 11) is -2.30. The molecule has 1 atom stereocenters. The molecular weight excluding hydrogens is 689 g/mol. The van der Waals surface area contributed by atoms with Crippen LogP contribution in [-0.4, -0.2) is 53.0 Å². The van der Waals surface area contributed by atoms with Crippen LogP contribution in [0.15, 0.2) is 36.8 Å². The third-order valence-electron chi connectivity index (χ3n) is 10.2. The number of hydrogen-bond acceptors (Lipinski definition) is 6. The van der Waals surface area contributed by atoms with Gasteiger partial charge in [-0.2, -0.15) is 5.10 Å². The average molecular weight is 736 g/mol. The highest BCUT2D eigenvalue weighted by molar-refractivity contribution is 6.73. The number of rotatable bonds is 15. The van der Waals surface area contributed by atoms with E-state index in [0.29, 0.717) is 46.2 Å². The summed E-state index contributed by atoms with van der Waals surface area (Å²) >= 11 is 13.4. The number of pyridine rings is 1. The normalized spacial score (nSPS) is 18.7. The third-order valence-corrected chi connectivity index (χ3v) is 15.5. The minimum Gasteiger partial charge on any atom is -0.466 e. The molecule has 2 saturated carbocycles. The molecule has 2 heterocycles. The summed E-state index contributed by atoms with van der Waals surface area (Å²) in [5.41, 5.74) is 2.17. The van der Waals surface area contributed by atoms with Crippen LogP contribution in [0.25, 0.3) is 0 Å². The summed E-state index contributed by atoms with van der Waals surface area (Å²) in [6.45, 7) is 8.47. The number of benzene rings is 1. The quantitative estimate of drug-likeness (QED) is 0.114. The molecule has 2 aliphatic carbocycles. The van der Waals surface area contributed by atoms with E-state index < -0.39 is 26.1 Å². The molecule has 2 fully saturated rings. The van der Waals surface area contributed by atoms with Crippen molar-refractivity contribution in [2.75, 3.05) is 13.2 Å². The molecule has 0 spiro atoms. The smallest absolute Gasteiger partial charge is 0.308 e. The number of esters is 1. The minimum absolute atomic E-state index is 0.0368. The fraction of sp³-hybridized carbons (Fsp3) is 0.556. The van der Waals surface area contributed by atoms with Crippen molar-refractivity contribution in [3.63, 3.8) is 0 Å². The number of carbonyl (C=O) groups excluding carboxylic acids is 2. The van der Waals surface area contributed by atoms with Gasteiger partial charge in [0.25, 0.3) is 5.91 Å². The second-order valence-corrected chi connectivity index (χ2v) is 18.8. The minimum atomic E-state index is -2.30. The lowest BCUT2D eigenvalue weighted by molar-refractivity contribution is -0.149. The number of ether oxygens (including phenoxy) is 1. The molecule has 49 heavy (non-hydrogen) atoms. The largest absolute Gasteiger partial charge is 0.466 e. The third kappa shape index (κ3) is 8.72. The molecule has 8 nitrogen and oxygen atoms in total. The SMILES string of the molecule is CCOC(=O)[C@H]1CC[C@H](n2ncc(C(=O)N(Cc3cc(F)cc(F)c3)CC(O[Si](CC)(CC)CC)c3c(Cl)cncc3Cl)c2C2CC2)CC1. The van der Waals surface area contributed by atoms with Gasteiger partial charge in [0.1, 0.15) is 11.6 Å². The summed E-state index contributed by atoms with van der Waals surface area (Å²) in [6.07, 6.45) is 8.67. The predicted molar refractivity (Wildman–Crippen MR) is 188 cm³/mol. The van der Waals surface area contributed by atoms with Crippen molar-refractivity contribution in [3.8, 4) is 0 Å². The Hall–Kier alpha value is -2.86. The summed E-state index contributed by atoms with van der Waals surface area (Å²) in [5.74, 6) is -1.88. The Morgan fingerprint density at radius 3 is 2.10 bits per heavy atom. The van der Waals surface area contributed by atoms with Gasteiger partial charge in [-0.3, -0.25) is 19.3 Å². The maximum Gasteiger partial charge on any atom is 0.308 e. The first-order valence-electron chi connectivity index (χ1n) is 17.5. The molecule has 2 aromatic heterocycles. The number of amides is 1. The Balaban J connectivity index is 1.53. The van der Waals surface area contributed by atoms with Gasteiger partial charge in [-0.05, 0) is 81.3 Å². The zero-order chi connectivity index (χ0) is 35.3. The summed E-state index contributed by atoms with van der Waals surface area (Å²) in [4.78, 5) is 32.9. The Bertz CT molecular complexity index is 1580. The van der Waals surface area contributed by atoms with Gasteiger partial charge in [0.15, 0.2) is 8.32 Å². The lowest BCUT2D eigenvalue weighted by atomic mass is 9.86. The van der Waals surface area contributed by atoms with Crippen molar-refractivity contribution in [2.45, 2.75) is 109 Å². The van der Waals surface area contributed by atoms with Gasteiger partial charge in [0, 0.05) is 36.5 Å². The zero-order valence-electron chi connectivity index (χ0n) is 28.7.